The summed E-state index contributed by atoms with van der Waals surface area (Å²) in [6.45, 7) is 0. The molecule has 1 heterocycles. The Labute approximate surface area is 85.6 Å². The molecule has 1 aromatic rings. The average Bonchev–Trinajstić information content (AvgIpc) is 2.92. The second-order valence-corrected chi connectivity index (χ2v) is 3.92. The molecule has 0 bridgehead atoms. The quantitative estimate of drug-likeness (QED) is 0.885. The van der Waals surface area contributed by atoms with Gasteiger partial charge in [-0.1, -0.05) is 0 Å². The fourth-order valence-corrected chi connectivity index (χ4v) is 1.50. The minimum atomic E-state index is 0.408. The molecule has 2 rings (SSSR count). The molecule has 3 nitrogen and oxygen atoms in total. The topological polar surface area (TPSA) is 34.2 Å². The van der Waals surface area contributed by atoms with Gasteiger partial charge in [0, 0.05) is 13.2 Å². The van der Waals surface area contributed by atoms with Crippen molar-refractivity contribution in [1.82, 2.24) is 4.98 Å². The van der Waals surface area contributed by atoms with E-state index in [1.54, 1.807) is 12.4 Å². The molecule has 0 atom stereocenters. The molecule has 1 saturated carbocycles. The third-order valence-corrected chi connectivity index (χ3v) is 2.50. The number of hydrogen-bond donors (Lipinski definition) is 1. The van der Waals surface area contributed by atoms with E-state index in [-0.39, 0.29) is 0 Å². The highest BCUT2D eigenvalue weighted by Gasteiger charge is 2.25. The van der Waals surface area contributed by atoms with Crippen molar-refractivity contribution in [2.24, 2.45) is 0 Å². The number of nitrogens with one attached hydrogen (secondary N) is 1. The van der Waals surface area contributed by atoms with Crippen LogP contribution in [0.2, 0.25) is 0 Å². The zero-order valence-corrected chi connectivity index (χ0v) is 8.97. The van der Waals surface area contributed by atoms with Crippen LogP contribution >= 0.6 is 15.9 Å². The highest BCUT2D eigenvalue weighted by atomic mass is 79.9. The van der Waals surface area contributed by atoms with E-state index < -0.39 is 0 Å². The van der Waals surface area contributed by atoms with Crippen LogP contribution in [0.4, 0.5) is 5.69 Å². The Morgan fingerprint density at radius 3 is 2.92 bits per heavy atom. The van der Waals surface area contributed by atoms with E-state index in [1.807, 2.05) is 7.05 Å². The summed E-state index contributed by atoms with van der Waals surface area (Å²) in [4.78, 5) is 4.05. The smallest absolute Gasteiger partial charge is 0.160 e. The first-order valence-electron chi connectivity index (χ1n) is 4.29. The molecule has 1 aliphatic carbocycles. The highest BCUT2D eigenvalue weighted by Crippen LogP contribution is 2.36. The summed E-state index contributed by atoms with van der Waals surface area (Å²) in [6.07, 6.45) is 6.25. The van der Waals surface area contributed by atoms with Gasteiger partial charge in [0.2, 0.25) is 0 Å². The van der Waals surface area contributed by atoms with Crippen LogP contribution in [0.1, 0.15) is 12.8 Å². The highest BCUT2D eigenvalue weighted by molar-refractivity contribution is 9.10. The Morgan fingerprint density at radius 1 is 1.54 bits per heavy atom. The van der Waals surface area contributed by atoms with Gasteiger partial charge < -0.3 is 10.1 Å². The largest absolute Gasteiger partial charge is 0.487 e. The van der Waals surface area contributed by atoms with Crippen molar-refractivity contribution in [3.8, 4) is 5.75 Å². The maximum absolute atomic E-state index is 5.73. The third kappa shape index (κ3) is 1.94. The van der Waals surface area contributed by atoms with E-state index in [9.17, 15) is 0 Å². The first kappa shape index (κ1) is 8.81. The predicted molar refractivity (Wildman–Crippen MR) is 55.1 cm³/mol. The molecule has 0 aromatic carbocycles. The maximum atomic E-state index is 5.73. The summed E-state index contributed by atoms with van der Waals surface area (Å²) in [5, 5.41) is 3.05. The molecule has 0 unspecified atom stereocenters. The lowest BCUT2D eigenvalue weighted by molar-refractivity contribution is 0.302. The van der Waals surface area contributed by atoms with E-state index in [0.717, 1.165) is 28.8 Å². The molecule has 1 aliphatic rings. The molecule has 13 heavy (non-hydrogen) atoms. The number of aromatic nitrogens is 1. The second kappa shape index (κ2) is 3.54. The van der Waals surface area contributed by atoms with Gasteiger partial charge in [0.25, 0.3) is 0 Å². The number of halogens is 1. The van der Waals surface area contributed by atoms with Crippen LogP contribution in [0.5, 0.6) is 5.75 Å². The number of ether oxygens (including phenoxy) is 1. The lowest BCUT2D eigenvalue weighted by Crippen LogP contribution is -2.01. The molecule has 1 fully saturated rings. The van der Waals surface area contributed by atoms with Gasteiger partial charge in [0.1, 0.15) is 0 Å². The normalized spacial score (nSPS) is 15.5. The van der Waals surface area contributed by atoms with Crippen LogP contribution in [0, 0.1) is 0 Å². The van der Waals surface area contributed by atoms with Crippen molar-refractivity contribution in [3.05, 3.63) is 16.9 Å². The third-order valence-electron chi connectivity index (χ3n) is 1.93. The maximum Gasteiger partial charge on any atom is 0.160 e. The molecule has 0 spiro atoms. The molecule has 70 valence electrons. The molecule has 0 radical (unpaired) electrons. The van der Waals surface area contributed by atoms with Gasteiger partial charge in [-0.05, 0) is 28.8 Å². The van der Waals surface area contributed by atoms with Crippen LogP contribution in [0.15, 0.2) is 16.9 Å². The fraction of sp³-hybridized carbons (Fsp3) is 0.444. The van der Waals surface area contributed by atoms with Crippen molar-refractivity contribution < 1.29 is 4.74 Å². The van der Waals surface area contributed by atoms with Crippen molar-refractivity contribution in [2.45, 2.75) is 18.9 Å². The number of anilines is 1. The van der Waals surface area contributed by atoms with Gasteiger partial charge in [-0.2, -0.15) is 0 Å². The van der Waals surface area contributed by atoms with E-state index >= 15 is 0 Å². The van der Waals surface area contributed by atoms with Gasteiger partial charge in [-0.25, -0.2) is 0 Å². The van der Waals surface area contributed by atoms with Crippen LogP contribution in [0.3, 0.4) is 0 Å². The van der Waals surface area contributed by atoms with Gasteiger partial charge in [0.05, 0.1) is 22.5 Å². The van der Waals surface area contributed by atoms with E-state index in [2.05, 4.69) is 26.2 Å². The Bertz CT molecular complexity index is 312. The van der Waals surface area contributed by atoms with E-state index in [0.29, 0.717) is 6.10 Å². The molecule has 0 aliphatic heterocycles. The first-order chi connectivity index (χ1) is 6.31. The van der Waals surface area contributed by atoms with Crippen molar-refractivity contribution in [1.29, 1.82) is 0 Å². The molecule has 0 saturated heterocycles. The van der Waals surface area contributed by atoms with Crippen LogP contribution < -0.4 is 10.1 Å². The summed E-state index contributed by atoms with van der Waals surface area (Å²) in [6, 6.07) is 0. The minimum absolute atomic E-state index is 0.408. The standard InChI is InChI=1S/C9H11BrN2O/c1-11-8-5-12-4-7(10)9(8)13-6-2-3-6/h4-6,11H,2-3H2,1H3. The molecule has 1 aromatic heterocycles. The van der Waals surface area contributed by atoms with Gasteiger partial charge >= 0.3 is 0 Å². The molecule has 0 amide bonds. The summed E-state index contributed by atoms with van der Waals surface area (Å²) in [5.41, 5.74) is 0.932. The molecule has 1 N–H and O–H groups in total. The SMILES string of the molecule is CNc1cncc(Br)c1OC1CC1. The van der Waals surface area contributed by atoms with Crippen LogP contribution in [-0.2, 0) is 0 Å². The predicted octanol–water partition coefficient (Wildman–Crippen LogP) is 2.43. The van der Waals surface area contributed by atoms with Crippen LogP contribution in [-0.4, -0.2) is 18.1 Å². The summed E-state index contributed by atoms with van der Waals surface area (Å²) in [5.74, 6) is 0.875. The zero-order chi connectivity index (χ0) is 9.26. The van der Waals surface area contributed by atoms with E-state index in [1.165, 1.54) is 0 Å². The van der Waals surface area contributed by atoms with Gasteiger partial charge in [-0.15, -0.1) is 0 Å². The monoisotopic (exact) mass is 242 g/mol. The Kier molecular flexibility index (Phi) is 2.40. The van der Waals surface area contributed by atoms with E-state index in [4.69, 9.17) is 4.74 Å². The second-order valence-electron chi connectivity index (χ2n) is 3.07. The summed E-state index contributed by atoms with van der Waals surface area (Å²) >= 11 is 3.42. The molecule has 4 heteroatoms. The first-order valence-corrected chi connectivity index (χ1v) is 5.08. The van der Waals surface area contributed by atoms with Gasteiger partial charge in [-0.3, -0.25) is 4.98 Å². The fourth-order valence-electron chi connectivity index (χ4n) is 1.07. The number of hydrogen-bond acceptors (Lipinski definition) is 3. The Hall–Kier alpha value is -0.770. The zero-order valence-electron chi connectivity index (χ0n) is 7.38. The lowest BCUT2D eigenvalue weighted by Gasteiger charge is -2.11. The minimum Gasteiger partial charge on any atom is -0.487 e. The lowest BCUT2D eigenvalue weighted by atomic mass is 10.4. The van der Waals surface area contributed by atoms with Crippen molar-refractivity contribution >= 4 is 21.6 Å². The number of rotatable bonds is 3. The summed E-state index contributed by atoms with van der Waals surface area (Å²) in [7, 11) is 1.86. The summed E-state index contributed by atoms with van der Waals surface area (Å²) < 4.78 is 6.64. The number of pyridine rings is 1. The number of nitrogens with zero attached hydrogens (tertiary/aromatic N) is 1. The molecular formula is C9H11BrN2O. The van der Waals surface area contributed by atoms with Crippen molar-refractivity contribution in [3.63, 3.8) is 0 Å². The Morgan fingerprint density at radius 2 is 2.31 bits per heavy atom. The van der Waals surface area contributed by atoms with Crippen molar-refractivity contribution in [2.75, 3.05) is 12.4 Å². The van der Waals surface area contributed by atoms with Gasteiger partial charge in [0.15, 0.2) is 5.75 Å². The molecular weight excluding hydrogens is 232 g/mol. The average molecular weight is 243 g/mol. The van der Waals surface area contributed by atoms with Crippen LogP contribution in [0.25, 0.3) is 0 Å². The Balaban J connectivity index is 2.27.